The first kappa shape index (κ1) is 16.7. The highest BCUT2D eigenvalue weighted by Gasteiger charge is 2.21. The van der Waals surface area contributed by atoms with Gasteiger partial charge in [-0.1, -0.05) is 0 Å². The van der Waals surface area contributed by atoms with Gasteiger partial charge in [-0.15, -0.1) is 0 Å². The summed E-state index contributed by atoms with van der Waals surface area (Å²) in [5, 5.41) is 4.73. The summed E-state index contributed by atoms with van der Waals surface area (Å²) in [6.45, 7) is 1.83. The molecule has 0 bridgehead atoms. The van der Waals surface area contributed by atoms with Crippen molar-refractivity contribution in [3.8, 4) is 22.8 Å². The zero-order chi connectivity index (χ0) is 18.1. The molecule has 0 radical (unpaired) electrons. The number of methoxy groups -OCH3 is 2. The highest BCUT2D eigenvalue weighted by atomic mass is 16.5. The van der Waals surface area contributed by atoms with E-state index in [1.54, 1.807) is 20.4 Å². The van der Waals surface area contributed by atoms with Crippen LogP contribution in [0.1, 0.15) is 12.8 Å². The summed E-state index contributed by atoms with van der Waals surface area (Å²) in [6.07, 6.45) is 5.61. The molecular weight excluding hydrogens is 330 g/mol. The average molecular weight is 353 g/mol. The molecule has 2 N–H and O–H groups in total. The van der Waals surface area contributed by atoms with E-state index in [1.165, 1.54) is 0 Å². The Morgan fingerprint density at radius 2 is 1.92 bits per heavy atom. The third-order valence-corrected chi connectivity index (χ3v) is 4.89. The molecular formula is C19H23N5O2. The van der Waals surface area contributed by atoms with Crippen molar-refractivity contribution in [2.24, 2.45) is 5.73 Å². The topological polar surface area (TPSA) is 77.9 Å². The standard InChI is InChI=1S/C19H23N5O2/c1-25-14-3-4-18(26-2)15(11-14)16-12-17-19(21-7-10-24(17)22-16)23-8-5-13(20)6-9-23/h3-4,7,10-13H,5-6,8-9,20H2,1-2H3. The quantitative estimate of drug-likeness (QED) is 0.776. The Bertz CT molecular complexity index is 915. The molecule has 0 saturated carbocycles. The fraction of sp³-hybridized carbons (Fsp3) is 0.368. The van der Waals surface area contributed by atoms with Crippen LogP contribution >= 0.6 is 0 Å². The predicted octanol–water partition coefficient (Wildman–Crippen LogP) is 2.34. The number of ether oxygens (including phenoxy) is 2. The van der Waals surface area contributed by atoms with Crippen molar-refractivity contribution in [3.63, 3.8) is 0 Å². The second kappa shape index (κ2) is 6.84. The van der Waals surface area contributed by atoms with Gasteiger partial charge in [0.05, 0.1) is 19.9 Å². The smallest absolute Gasteiger partial charge is 0.154 e. The third kappa shape index (κ3) is 2.94. The minimum Gasteiger partial charge on any atom is -0.497 e. The minimum atomic E-state index is 0.285. The Morgan fingerprint density at radius 3 is 2.65 bits per heavy atom. The summed E-state index contributed by atoms with van der Waals surface area (Å²) in [5.74, 6) is 2.47. The maximum Gasteiger partial charge on any atom is 0.154 e. The first-order chi connectivity index (χ1) is 12.7. The lowest BCUT2D eigenvalue weighted by Crippen LogP contribution is -2.40. The van der Waals surface area contributed by atoms with Gasteiger partial charge in [-0.05, 0) is 37.1 Å². The number of anilines is 1. The van der Waals surface area contributed by atoms with Crippen molar-refractivity contribution in [1.82, 2.24) is 14.6 Å². The van der Waals surface area contributed by atoms with Gasteiger partial charge in [0.15, 0.2) is 5.82 Å². The van der Waals surface area contributed by atoms with Crippen molar-refractivity contribution in [2.45, 2.75) is 18.9 Å². The van der Waals surface area contributed by atoms with Gasteiger partial charge < -0.3 is 20.1 Å². The molecule has 0 aliphatic carbocycles. The van der Waals surface area contributed by atoms with Crippen LogP contribution < -0.4 is 20.1 Å². The van der Waals surface area contributed by atoms with Gasteiger partial charge in [-0.25, -0.2) is 9.50 Å². The zero-order valence-corrected chi connectivity index (χ0v) is 15.1. The summed E-state index contributed by atoms with van der Waals surface area (Å²) in [4.78, 5) is 6.89. The van der Waals surface area contributed by atoms with Crippen LogP contribution in [-0.2, 0) is 0 Å². The fourth-order valence-electron chi connectivity index (χ4n) is 3.41. The number of fused-ring (bicyclic) bond motifs is 1. The Morgan fingerprint density at radius 1 is 1.12 bits per heavy atom. The molecule has 26 heavy (non-hydrogen) atoms. The van der Waals surface area contributed by atoms with Gasteiger partial charge in [-0.3, -0.25) is 0 Å². The Labute approximate surface area is 152 Å². The molecule has 136 valence electrons. The number of nitrogens with zero attached hydrogens (tertiary/aromatic N) is 4. The van der Waals surface area contributed by atoms with Crippen LogP contribution in [0.2, 0.25) is 0 Å². The molecule has 0 unspecified atom stereocenters. The molecule has 2 aromatic heterocycles. The second-order valence-corrected chi connectivity index (χ2v) is 6.50. The molecule has 3 aromatic rings. The molecule has 4 rings (SSSR count). The number of piperidine rings is 1. The van der Waals surface area contributed by atoms with E-state index in [0.29, 0.717) is 0 Å². The molecule has 1 fully saturated rings. The number of aromatic nitrogens is 3. The molecule has 7 heteroatoms. The number of benzene rings is 1. The van der Waals surface area contributed by atoms with Crippen LogP contribution in [-0.4, -0.2) is 47.9 Å². The molecule has 3 heterocycles. The fourth-order valence-corrected chi connectivity index (χ4v) is 3.41. The summed E-state index contributed by atoms with van der Waals surface area (Å²) in [6, 6.07) is 8.04. The Hall–Kier alpha value is -2.80. The third-order valence-electron chi connectivity index (χ3n) is 4.89. The lowest BCUT2D eigenvalue weighted by atomic mass is 10.1. The van der Waals surface area contributed by atoms with Gasteiger partial charge in [0.1, 0.15) is 17.0 Å². The lowest BCUT2D eigenvalue weighted by molar-refractivity contribution is 0.404. The molecule has 0 spiro atoms. The van der Waals surface area contributed by atoms with Crippen LogP contribution in [0, 0.1) is 0 Å². The van der Waals surface area contributed by atoms with Crippen molar-refractivity contribution >= 4 is 11.3 Å². The van der Waals surface area contributed by atoms with Crippen molar-refractivity contribution in [3.05, 3.63) is 36.7 Å². The molecule has 1 aromatic carbocycles. The van der Waals surface area contributed by atoms with E-state index in [0.717, 1.165) is 60.0 Å². The summed E-state index contributed by atoms with van der Waals surface area (Å²) in [7, 11) is 3.31. The first-order valence-electron chi connectivity index (χ1n) is 8.77. The number of nitrogens with two attached hydrogens (primary N) is 1. The largest absolute Gasteiger partial charge is 0.497 e. The monoisotopic (exact) mass is 353 g/mol. The van der Waals surface area contributed by atoms with Gasteiger partial charge in [0.2, 0.25) is 0 Å². The van der Waals surface area contributed by atoms with Crippen molar-refractivity contribution in [1.29, 1.82) is 0 Å². The van der Waals surface area contributed by atoms with Crippen LogP contribution in [0.5, 0.6) is 11.5 Å². The number of rotatable bonds is 4. The van der Waals surface area contributed by atoms with Gasteiger partial charge in [-0.2, -0.15) is 5.10 Å². The molecule has 0 amide bonds. The van der Waals surface area contributed by atoms with E-state index in [9.17, 15) is 0 Å². The second-order valence-electron chi connectivity index (χ2n) is 6.50. The van der Waals surface area contributed by atoms with Crippen LogP contribution in [0.3, 0.4) is 0 Å². The maximum atomic E-state index is 6.04. The van der Waals surface area contributed by atoms with E-state index in [4.69, 9.17) is 20.3 Å². The maximum absolute atomic E-state index is 6.04. The average Bonchev–Trinajstić information content (AvgIpc) is 3.12. The van der Waals surface area contributed by atoms with Gasteiger partial charge >= 0.3 is 0 Å². The van der Waals surface area contributed by atoms with Crippen LogP contribution in [0.25, 0.3) is 16.8 Å². The Balaban J connectivity index is 1.78. The van der Waals surface area contributed by atoms with E-state index in [2.05, 4.69) is 9.88 Å². The predicted molar refractivity (Wildman–Crippen MR) is 101 cm³/mol. The highest BCUT2D eigenvalue weighted by molar-refractivity contribution is 5.78. The summed E-state index contributed by atoms with van der Waals surface area (Å²) in [5.41, 5.74) is 8.73. The van der Waals surface area contributed by atoms with E-state index >= 15 is 0 Å². The molecule has 0 atom stereocenters. The van der Waals surface area contributed by atoms with Crippen LogP contribution in [0.4, 0.5) is 5.82 Å². The minimum absolute atomic E-state index is 0.285. The highest BCUT2D eigenvalue weighted by Crippen LogP contribution is 2.34. The molecule has 1 aliphatic heterocycles. The van der Waals surface area contributed by atoms with Crippen molar-refractivity contribution < 1.29 is 9.47 Å². The number of hydrogen-bond acceptors (Lipinski definition) is 6. The van der Waals surface area contributed by atoms with E-state index in [-0.39, 0.29) is 6.04 Å². The van der Waals surface area contributed by atoms with E-state index < -0.39 is 0 Å². The molecule has 1 aliphatic rings. The molecule has 7 nitrogen and oxygen atoms in total. The first-order valence-corrected chi connectivity index (χ1v) is 8.77. The van der Waals surface area contributed by atoms with Crippen molar-refractivity contribution in [2.75, 3.05) is 32.2 Å². The molecule has 1 saturated heterocycles. The summed E-state index contributed by atoms with van der Waals surface area (Å²) < 4.78 is 12.7. The summed E-state index contributed by atoms with van der Waals surface area (Å²) >= 11 is 0. The zero-order valence-electron chi connectivity index (χ0n) is 15.1. The van der Waals surface area contributed by atoms with Crippen LogP contribution in [0.15, 0.2) is 36.7 Å². The Kier molecular flexibility index (Phi) is 4.38. The lowest BCUT2D eigenvalue weighted by Gasteiger charge is -2.31. The van der Waals surface area contributed by atoms with Gasteiger partial charge in [0.25, 0.3) is 0 Å². The SMILES string of the molecule is COc1ccc(OC)c(-c2cc3c(N4CCC(N)CC4)nccn3n2)c1. The van der Waals surface area contributed by atoms with Gasteiger partial charge in [0, 0.05) is 37.1 Å². The number of hydrogen-bond donors (Lipinski definition) is 1. The van der Waals surface area contributed by atoms with E-state index in [1.807, 2.05) is 35.0 Å². The normalized spacial score (nSPS) is 15.4.